The lowest BCUT2D eigenvalue weighted by atomic mass is 10.1. The van der Waals surface area contributed by atoms with Crippen molar-refractivity contribution in [3.05, 3.63) is 42.8 Å². The molecule has 2 aromatic rings. The van der Waals surface area contributed by atoms with Gasteiger partial charge in [-0.3, -0.25) is 0 Å². The quantitative estimate of drug-likeness (QED) is 0.872. The third-order valence-electron chi connectivity index (χ3n) is 3.43. The fraction of sp³-hybridized carbons (Fsp3) is 0.429. The summed E-state index contributed by atoms with van der Waals surface area (Å²) in [6, 6.07) is 4.66. The van der Waals surface area contributed by atoms with E-state index in [9.17, 15) is 0 Å². The first-order valence-electron chi connectivity index (χ1n) is 6.09. The zero-order valence-electron chi connectivity index (χ0n) is 10.2. The van der Waals surface area contributed by atoms with Gasteiger partial charge in [-0.05, 0) is 56.4 Å². The van der Waals surface area contributed by atoms with Crippen LogP contribution in [-0.4, -0.2) is 0 Å². The molecule has 0 radical (unpaired) electrons. The molecular weight excluding hydrogens is 246 g/mol. The van der Waals surface area contributed by atoms with E-state index < -0.39 is 0 Å². The molecule has 0 saturated carbocycles. The van der Waals surface area contributed by atoms with Crippen LogP contribution in [0.2, 0.25) is 0 Å². The number of thiophene rings is 2. The molecule has 2 heterocycles. The lowest BCUT2D eigenvalue weighted by molar-refractivity contribution is 0.891. The molecule has 1 unspecified atom stereocenters. The summed E-state index contributed by atoms with van der Waals surface area (Å²) >= 11 is 3.76. The summed E-state index contributed by atoms with van der Waals surface area (Å²) in [5.41, 5.74) is 9.30. The average molecular weight is 263 g/mol. The van der Waals surface area contributed by atoms with Gasteiger partial charge in [0.15, 0.2) is 0 Å². The van der Waals surface area contributed by atoms with Crippen molar-refractivity contribution in [2.45, 2.75) is 39.2 Å². The van der Waals surface area contributed by atoms with Crippen LogP contribution in [0, 0.1) is 13.8 Å². The molecule has 1 atom stereocenters. The minimum absolute atomic E-state index is 0.0873. The van der Waals surface area contributed by atoms with Crippen LogP contribution in [-0.2, 0) is 12.8 Å². The van der Waals surface area contributed by atoms with Crippen molar-refractivity contribution in [3.63, 3.8) is 0 Å². The Bertz CT molecular complexity index is 529. The first-order valence-corrected chi connectivity index (χ1v) is 7.72. The lowest BCUT2D eigenvalue weighted by Gasteiger charge is -2.08. The highest BCUT2D eigenvalue weighted by Gasteiger charge is 2.21. The maximum absolute atomic E-state index is 6.41. The number of hydrogen-bond acceptors (Lipinski definition) is 3. The van der Waals surface area contributed by atoms with E-state index in [0.717, 1.165) is 0 Å². The summed E-state index contributed by atoms with van der Waals surface area (Å²) in [6.45, 7) is 4.32. The molecule has 2 aromatic heterocycles. The molecular formula is C14H17NS2. The molecule has 3 rings (SSSR count). The monoisotopic (exact) mass is 263 g/mol. The van der Waals surface area contributed by atoms with Gasteiger partial charge in [0.25, 0.3) is 0 Å². The first kappa shape index (κ1) is 11.5. The Labute approximate surface area is 110 Å². The third kappa shape index (κ3) is 1.96. The fourth-order valence-electron chi connectivity index (χ4n) is 2.60. The smallest absolute Gasteiger partial charge is 0.0742 e. The number of hydrogen-bond donors (Lipinski definition) is 1. The van der Waals surface area contributed by atoms with Gasteiger partial charge >= 0.3 is 0 Å². The van der Waals surface area contributed by atoms with Crippen LogP contribution in [0.1, 0.15) is 43.1 Å². The van der Waals surface area contributed by atoms with Gasteiger partial charge in [-0.25, -0.2) is 0 Å². The van der Waals surface area contributed by atoms with Crippen molar-refractivity contribution in [3.8, 4) is 0 Å². The summed E-state index contributed by atoms with van der Waals surface area (Å²) in [5, 5.41) is 0. The third-order valence-corrected chi connectivity index (χ3v) is 5.99. The summed E-state index contributed by atoms with van der Waals surface area (Å²) in [7, 11) is 0. The van der Waals surface area contributed by atoms with Gasteiger partial charge in [-0.2, -0.15) is 0 Å². The van der Waals surface area contributed by atoms with Gasteiger partial charge in [0.2, 0.25) is 0 Å². The highest BCUT2D eigenvalue weighted by atomic mass is 32.1. The summed E-state index contributed by atoms with van der Waals surface area (Å²) in [5.74, 6) is 0. The highest BCUT2D eigenvalue weighted by molar-refractivity contribution is 7.13. The standard InChI is InChI=1S/C14H17NS2/c1-8-6-9(2)16-14(8)13(15)12-7-10-4-3-5-11(10)17-12/h6-7,13H,3-5,15H2,1-2H3. The second kappa shape index (κ2) is 4.23. The van der Waals surface area contributed by atoms with E-state index in [-0.39, 0.29) is 6.04 Å². The molecule has 17 heavy (non-hydrogen) atoms. The first-order chi connectivity index (χ1) is 8.15. The zero-order valence-corrected chi connectivity index (χ0v) is 11.9. The molecule has 0 bridgehead atoms. The SMILES string of the molecule is Cc1cc(C)c(C(N)c2cc3c(s2)CCC3)s1. The highest BCUT2D eigenvalue weighted by Crippen LogP contribution is 2.37. The molecule has 0 amide bonds. The van der Waals surface area contributed by atoms with Gasteiger partial charge in [0.1, 0.15) is 0 Å². The van der Waals surface area contributed by atoms with E-state index in [1.807, 2.05) is 22.7 Å². The van der Waals surface area contributed by atoms with E-state index in [2.05, 4.69) is 26.0 Å². The van der Waals surface area contributed by atoms with Crippen molar-refractivity contribution >= 4 is 22.7 Å². The van der Waals surface area contributed by atoms with Crippen LogP contribution in [0.5, 0.6) is 0 Å². The molecule has 90 valence electrons. The van der Waals surface area contributed by atoms with Crippen LogP contribution in [0.3, 0.4) is 0 Å². The molecule has 1 nitrogen and oxygen atoms in total. The number of aryl methyl sites for hydroxylation is 4. The number of rotatable bonds is 2. The maximum Gasteiger partial charge on any atom is 0.0742 e. The average Bonchev–Trinajstić information content (AvgIpc) is 2.90. The van der Waals surface area contributed by atoms with Crippen LogP contribution >= 0.6 is 22.7 Å². The lowest BCUT2D eigenvalue weighted by Crippen LogP contribution is -2.09. The Morgan fingerprint density at radius 2 is 2.00 bits per heavy atom. The van der Waals surface area contributed by atoms with Crippen LogP contribution in [0.25, 0.3) is 0 Å². The Hall–Kier alpha value is -0.640. The zero-order chi connectivity index (χ0) is 12.0. The minimum atomic E-state index is 0.0873. The molecule has 1 aliphatic carbocycles. The van der Waals surface area contributed by atoms with Gasteiger partial charge in [0, 0.05) is 19.5 Å². The van der Waals surface area contributed by atoms with Gasteiger partial charge in [-0.15, -0.1) is 22.7 Å². The number of nitrogens with two attached hydrogens (primary N) is 1. The van der Waals surface area contributed by atoms with Crippen molar-refractivity contribution in [2.75, 3.05) is 0 Å². The minimum Gasteiger partial charge on any atom is -0.319 e. The molecule has 0 aliphatic heterocycles. The van der Waals surface area contributed by atoms with Gasteiger partial charge < -0.3 is 5.73 Å². The normalized spacial score (nSPS) is 16.2. The molecule has 0 saturated heterocycles. The van der Waals surface area contributed by atoms with E-state index in [4.69, 9.17) is 5.73 Å². The van der Waals surface area contributed by atoms with Gasteiger partial charge in [-0.1, -0.05) is 0 Å². The molecule has 0 aromatic carbocycles. The maximum atomic E-state index is 6.41. The number of fused-ring (bicyclic) bond motifs is 1. The Balaban J connectivity index is 1.95. The van der Waals surface area contributed by atoms with Crippen molar-refractivity contribution < 1.29 is 0 Å². The van der Waals surface area contributed by atoms with Gasteiger partial charge in [0.05, 0.1) is 6.04 Å². The predicted molar refractivity (Wildman–Crippen MR) is 76.2 cm³/mol. The van der Waals surface area contributed by atoms with E-state index in [1.54, 1.807) is 10.4 Å². The van der Waals surface area contributed by atoms with E-state index in [1.165, 1.54) is 39.5 Å². The second-order valence-electron chi connectivity index (χ2n) is 4.83. The largest absolute Gasteiger partial charge is 0.319 e. The Morgan fingerprint density at radius 1 is 1.18 bits per heavy atom. The summed E-state index contributed by atoms with van der Waals surface area (Å²) in [4.78, 5) is 5.61. The summed E-state index contributed by atoms with van der Waals surface area (Å²) in [6.07, 6.45) is 3.84. The molecule has 3 heteroatoms. The van der Waals surface area contributed by atoms with Crippen molar-refractivity contribution in [1.82, 2.24) is 0 Å². The topological polar surface area (TPSA) is 26.0 Å². The van der Waals surface area contributed by atoms with E-state index in [0.29, 0.717) is 0 Å². The van der Waals surface area contributed by atoms with Crippen LogP contribution in [0.15, 0.2) is 12.1 Å². The molecule has 1 aliphatic rings. The Morgan fingerprint density at radius 3 is 2.65 bits per heavy atom. The fourth-order valence-corrected chi connectivity index (χ4v) is 5.00. The molecule has 2 N–H and O–H groups in total. The second-order valence-corrected chi connectivity index (χ2v) is 7.29. The van der Waals surface area contributed by atoms with Crippen LogP contribution < -0.4 is 5.73 Å². The Kier molecular flexibility index (Phi) is 2.85. The molecule has 0 fully saturated rings. The summed E-state index contributed by atoms with van der Waals surface area (Å²) < 4.78 is 0. The predicted octanol–water partition coefficient (Wildman–Crippen LogP) is 3.96. The van der Waals surface area contributed by atoms with E-state index >= 15 is 0 Å². The van der Waals surface area contributed by atoms with Crippen molar-refractivity contribution in [2.24, 2.45) is 5.73 Å². The van der Waals surface area contributed by atoms with Crippen LogP contribution in [0.4, 0.5) is 0 Å². The van der Waals surface area contributed by atoms with Crippen molar-refractivity contribution in [1.29, 1.82) is 0 Å². The molecule has 0 spiro atoms.